The smallest absolute Gasteiger partial charge is 0.408 e. The largest absolute Gasteiger partial charge is 0.496 e. The van der Waals surface area contributed by atoms with E-state index in [1.165, 1.54) is 11.0 Å². The van der Waals surface area contributed by atoms with Crippen LogP contribution in [0.4, 0.5) is 4.79 Å². The van der Waals surface area contributed by atoms with Crippen molar-refractivity contribution >= 4 is 44.6 Å². The summed E-state index contributed by atoms with van der Waals surface area (Å²) >= 11 is 0. The highest BCUT2D eigenvalue weighted by Crippen LogP contribution is 2.48. The number of pyridine rings is 1. The first-order valence-electron chi connectivity index (χ1n) is 17.6. The first-order valence-corrected chi connectivity index (χ1v) is 19.1. The van der Waals surface area contributed by atoms with Crippen molar-refractivity contribution in [2.45, 2.75) is 115 Å². The number of fused-ring (bicyclic) bond motifs is 1. The Balaban J connectivity index is 1.45. The lowest BCUT2D eigenvalue weighted by Crippen LogP contribution is -2.60. The maximum absolute atomic E-state index is 14.5. The predicted octanol–water partition coefficient (Wildman–Crippen LogP) is 3.98. The number of hydrogen-bond acceptors (Lipinski definition) is 10. The number of ether oxygens (including phenoxy) is 3. The van der Waals surface area contributed by atoms with Gasteiger partial charge < -0.3 is 29.7 Å². The Hall–Kier alpha value is -4.40. The molecule has 2 heterocycles. The van der Waals surface area contributed by atoms with Crippen LogP contribution in [0.2, 0.25) is 0 Å². The summed E-state index contributed by atoms with van der Waals surface area (Å²) in [5.74, 6) is -1.73. The third-order valence-electron chi connectivity index (χ3n) is 10.2. The average molecular weight is 742 g/mol. The van der Waals surface area contributed by atoms with Crippen molar-refractivity contribution in [1.82, 2.24) is 25.2 Å². The summed E-state index contributed by atoms with van der Waals surface area (Å²) < 4.78 is 45.0. The first-order chi connectivity index (χ1) is 24.2. The van der Waals surface area contributed by atoms with Gasteiger partial charge in [0.05, 0.1) is 18.4 Å². The molecular weight excluding hydrogens is 691 g/mol. The van der Waals surface area contributed by atoms with Crippen LogP contribution in [0.5, 0.6) is 11.6 Å². The van der Waals surface area contributed by atoms with Crippen molar-refractivity contribution in [3.8, 4) is 11.6 Å². The highest BCUT2D eigenvalue weighted by atomic mass is 32.2. The number of nitrogens with one attached hydrogen (secondary N) is 3. The second-order valence-corrected chi connectivity index (χ2v) is 18.2. The Kier molecular flexibility index (Phi) is 10.4. The summed E-state index contributed by atoms with van der Waals surface area (Å²) in [6.07, 6.45) is 2.94. The van der Waals surface area contributed by atoms with Crippen LogP contribution in [0.1, 0.15) is 80.6 Å². The molecule has 4 amide bonds. The molecule has 52 heavy (non-hydrogen) atoms. The highest BCUT2D eigenvalue weighted by molar-refractivity contribution is 7.91. The zero-order valence-electron chi connectivity index (χ0n) is 31.2. The van der Waals surface area contributed by atoms with Crippen LogP contribution >= 0.6 is 0 Å². The van der Waals surface area contributed by atoms with Gasteiger partial charge in [-0.05, 0) is 70.1 Å². The molecule has 2 aliphatic carbocycles. The van der Waals surface area contributed by atoms with E-state index >= 15 is 0 Å². The molecule has 284 valence electrons. The van der Waals surface area contributed by atoms with E-state index in [0.29, 0.717) is 30.4 Å². The number of amides is 4. The lowest BCUT2D eigenvalue weighted by molar-refractivity contribution is -0.143. The van der Waals surface area contributed by atoms with Crippen molar-refractivity contribution in [3.05, 3.63) is 43.1 Å². The second kappa shape index (κ2) is 13.9. The van der Waals surface area contributed by atoms with Crippen molar-refractivity contribution in [3.63, 3.8) is 0 Å². The zero-order valence-corrected chi connectivity index (χ0v) is 32.0. The monoisotopic (exact) mass is 741 g/mol. The number of benzene rings is 1. The Morgan fingerprint density at radius 3 is 2.35 bits per heavy atom. The molecule has 3 fully saturated rings. The minimum atomic E-state index is -4.01. The van der Waals surface area contributed by atoms with Crippen LogP contribution in [0.15, 0.2) is 43.1 Å². The summed E-state index contributed by atoms with van der Waals surface area (Å²) in [4.78, 5) is 61.2. The fourth-order valence-corrected chi connectivity index (χ4v) is 8.47. The lowest BCUT2D eigenvalue weighted by atomic mass is 9.85. The summed E-state index contributed by atoms with van der Waals surface area (Å²) in [5, 5.41) is 6.93. The van der Waals surface area contributed by atoms with Gasteiger partial charge in [0.25, 0.3) is 5.91 Å². The molecule has 3 N–H and O–H groups in total. The SMILES string of the molecule is C=C[C@@H]1C[C@]1(NC(=O)[C@@H]1CC(Oc2nccc3c(OC)cccc23)CN1C(=O)[C@@H](NC(=O)OC(C)(C)C)C(C)(C)C)C(=O)NS(=O)(=O)C1(CC)CC1. The predicted molar refractivity (Wildman–Crippen MR) is 194 cm³/mol. The molecule has 14 nitrogen and oxygen atoms in total. The van der Waals surface area contributed by atoms with Gasteiger partial charge in [0.2, 0.25) is 27.7 Å². The third kappa shape index (κ3) is 7.69. The van der Waals surface area contributed by atoms with Crippen LogP contribution in [0, 0.1) is 11.3 Å². The molecule has 1 aromatic carbocycles. The zero-order chi connectivity index (χ0) is 38.4. The minimum absolute atomic E-state index is 0.0105. The van der Waals surface area contributed by atoms with Gasteiger partial charge in [-0.25, -0.2) is 18.2 Å². The van der Waals surface area contributed by atoms with E-state index < -0.39 is 79.2 Å². The molecule has 1 aliphatic heterocycles. The molecule has 0 bridgehead atoms. The van der Waals surface area contributed by atoms with E-state index in [1.54, 1.807) is 73.9 Å². The standard InChI is InChI=1S/C37H51N5O9S/c1-10-22-20-37(22,32(45)41-52(47,48)36(11-2)16-17-36)40-29(43)26-19-23(50-30-25-13-12-14-27(49-9)24(25)15-18-38-30)21-42(26)31(44)28(34(3,4)5)39-33(46)51-35(6,7)8/h10,12-15,18,22-23,26,28H,1,11,16-17,19-21H2,2-9H3,(H,39,46)(H,40,43)(H,41,45)/t22-,23?,26+,28-,37-/m1/s1. The normalized spacial score (nSPS) is 24.3. The maximum atomic E-state index is 14.5. The molecule has 2 aromatic rings. The molecule has 2 saturated carbocycles. The number of carbonyl (C=O) groups is 4. The van der Waals surface area contributed by atoms with Gasteiger partial charge in [-0.2, -0.15) is 0 Å². The molecule has 3 aliphatic rings. The summed E-state index contributed by atoms with van der Waals surface area (Å²) in [7, 11) is -2.45. The number of likely N-dealkylation sites (tertiary alicyclic amines) is 1. The quantitative estimate of drug-likeness (QED) is 0.269. The van der Waals surface area contributed by atoms with Gasteiger partial charge in [-0.1, -0.05) is 39.8 Å². The van der Waals surface area contributed by atoms with Crippen LogP contribution in [-0.4, -0.2) is 89.8 Å². The van der Waals surface area contributed by atoms with Crippen LogP contribution in [0.3, 0.4) is 0 Å². The first kappa shape index (κ1) is 38.8. The summed E-state index contributed by atoms with van der Waals surface area (Å²) in [5.41, 5.74) is -3.22. The van der Waals surface area contributed by atoms with E-state index in [9.17, 15) is 27.6 Å². The molecule has 1 saturated heterocycles. The maximum Gasteiger partial charge on any atom is 0.408 e. The number of alkyl carbamates (subject to hydrolysis) is 1. The Bertz CT molecular complexity index is 1860. The lowest BCUT2D eigenvalue weighted by Gasteiger charge is -2.36. The van der Waals surface area contributed by atoms with Crippen LogP contribution in [0.25, 0.3) is 10.8 Å². The number of carbonyl (C=O) groups excluding carboxylic acids is 4. The van der Waals surface area contributed by atoms with Gasteiger partial charge in [-0.15, -0.1) is 6.58 Å². The van der Waals surface area contributed by atoms with Gasteiger partial charge in [-0.3, -0.25) is 19.1 Å². The fourth-order valence-electron chi connectivity index (χ4n) is 6.81. The van der Waals surface area contributed by atoms with Gasteiger partial charge in [0.1, 0.15) is 35.1 Å². The Morgan fingerprint density at radius 2 is 1.79 bits per heavy atom. The van der Waals surface area contributed by atoms with Crippen molar-refractivity contribution in [2.75, 3.05) is 13.7 Å². The van der Waals surface area contributed by atoms with Crippen LogP contribution < -0.4 is 24.8 Å². The van der Waals surface area contributed by atoms with E-state index in [-0.39, 0.29) is 25.3 Å². The number of hydrogen-bond donors (Lipinski definition) is 3. The van der Waals surface area contributed by atoms with Crippen LogP contribution in [-0.2, 0) is 29.1 Å². The van der Waals surface area contributed by atoms with Gasteiger partial charge >= 0.3 is 6.09 Å². The number of rotatable bonds is 12. The fraction of sp³-hybridized carbons (Fsp3) is 0.595. The van der Waals surface area contributed by atoms with Gasteiger partial charge in [0, 0.05) is 29.3 Å². The summed E-state index contributed by atoms with van der Waals surface area (Å²) in [6.45, 7) is 15.9. The van der Waals surface area contributed by atoms with E-state index in [4.69, 9.17) is 14.2 Å². The summed E-state index contributed by atoms with van der Waals surface area (Å²) in [6, 6.07) is 4.94. The molecular formula is C37H51N5O9S. The molecule has 5 rings (SSSR count). The molecule has 0 radical (unpaired) electrons. The topological polar surface area (TPSA) is 182 Å². The van der Waals surface area contributed by atoms with Gasteiger partial charge in [0.15, 0.2) is 0 Å². The average Bonchev–Trinajstić information content (AvgIpc) is 3.97. The van der Waals surface area contributed by atoms with Crippen molar-refractivity contribution in [1.29, 1.82) is 0 Å². The second-order valence-electron chi connectivity index (χ2n) is 16.1. The molecule has 1 unspecified atom stereocenters. The molecule has 15 heteroatoms. The molecule has 5 atom stereocenters. The Labute approximate surface area is 305 Å². The van der Waals surface area contributed by atoms with E-state index in [2.05, 4.69) is 26.9 Å². The highest BCUT2D eigenvalue weighted by Gasteiger charge is 2.63. The van der Waals surface area contributed by atoms with Crippen molar-refractivity contribution in [2.24, 2.45) is 11.3 Å². The van der Waals surface area contributed by atoms with Crippen molar-refractivity contribution < 1.29 is 41.8 Å². The van der Waals surface area contributed by atoms with E-state index in [1.807, 2.05) is 12.1 Å². The number of aromatic nitrogens is 1. The number of nitrogens with zero attached hydrogens (tertiary/aromatic N) is 2. The minimum Gasteiger partial charge on any atom is -0.496 e. The number of methoxy groups -OCH3 is 1. The Morgan fingerprint density at radius 1 is 1.10 bits per heavy atom. The van der Waals surface area contributed by atoms with E-state index in [0.717, 1.165) is 5.39 Å². The third-order valence-corrected chi connectivity index (χ3v) is 12.4. The molecule has 0 spiro atoms. The molecule has 1 aromatic heterocycles. The number of sulfonamides is 1.